The van der Waals surface area contributed by atoms with E-state index in [9.17, 15) is 9.59 Å². The van der Waals surface area contributed by atoms with Crippen LogP contribution in [-0.2, 0) is 22.4 Å². The molecule has 124 valence electrons. The van der Waals surface area contributed by atoms with Crippen LogP contribution in [0.2, 0.25) is 0 Å². The minimum Gasteiger partial charge on any atom is -0.493 e. The number of amides is 2. The first-order chi connectivity index (χ1) is 11.1. The maximum absolute atomic E-state index is 12.7. The Balaban J connectivity index is 1.74. The van der Waals surface area contributed by atoms with Crippen LogP contribution >= 0.6 is 0 Å². The molecule has 5 heteroatoms. The summed E-state index contributed by atoms with van der Waals surface area (Å²) < 4.78 is 5.61. The second-order valence-electron chi connectivity index (χ2n) is 6.64. The molecule has 3 rings (SSSR count). The van der Waals surface area contributed by atoms with Crippen LogP contribution in [-0.4, -0.2) is 42.5 Å². The highest BCUT2D eigenvalue weighted by atomic mass is 16.5. The molecule has 5 nitrogen and oxygen atoms in total. The number of carbonyl (C=O) groups is 2. The van der Waals surface area contributed by atoms with Gasteiger partial charge < -0.3 is 15.0 Å². The number of ether oxygens (including phenoxy) is 1. The molecule has 0 aromatic heterocycles. The summed E-state index contributed by atoms with van der Waals surface area (Å²) in [6.07, 6.45) is 2.36. The molecule has 0 bridgehead atoms. The molecule has 1 aromatic carbocycles. The van der Waals surface area contributed by atoms with E-state index in [0.29, 0.717) is 19.5 Å². The molecule has 2 amide bonds. The second kappa shape index (κ2) is 6.60. The van der Waals surface area contributed by atoms with Crippen molar-refractivity contribution < 1.29 is 14.3 Å². The average Bonchev–Trinajstić information content (AvgIpc) is 2.54. The lowest BCUT2D eigenvalue weighted by Gasteiger charge is -2.37. The Morgan fingerprint density at radius 3 is 3.04 bits per heavy atom. The summed E-state index contributed by atoms with van der Waals surface area (Å²) in [4.78, 5) is 26.5. The third-order valence-electron chi connectivity index (χ3n) is 4.54. The quantitative estimate of drug-likeness (QED) is 0.920. The van der Waals surface area contributed by atoms with Gasteiger partial charge in [-0.05, 0) is 36.0 Å². The third kappa shape index (κ3) is 3.33. The molecule has 0 aliphatic carbocycles. The smallest absolute Gasteiger partial charge is 0.243 e. The molecule has 1 atom stereocenters. The van der Waals surface area contributed by atoms with Crippen molar-refractivity contribution in [1.29, 1.82) is 0 Å². The highest BCUT2D eigenvalue weighted by molar-refractivity contribution is 5.89. The molecular formula is C18H24N2O3. The van der Waals surface area contributed by atoms with Gasteiger partial charge in [-0.25, -0.2) is 0 Å². The van der Waals surface area contributed by atoms with Gasteiger partial charge in [-0.15, -0.1) is 0 Å². The van der Waals surface area contributed by atoms with Gasteiger partial charge in [0.25, 0.3) is 0 Å². The van der Waals surface area contributed by atoms with Crippen molar-refractivity contribution in [1.82, 2.24) is 10.2 Å². The van der Waals surface area contributed by atoms with E-state index in [4.69, 9.17) is 4.74 Å². The number of nitrogens with one attached hydrogen (secondary N) is 1. The fourth-order valence-electron chi connectivity index (χ4n) is 3.43. The Hall–Kier alpha value is -2.04. The summed E-state index contributed by atoms with van der Waals surface area (Å²) in [6.45, 7) is 5.84. The van der Waals surface area contributed by atoms with Crippen molar-refractivity contribution in [2.75, 3.05) is 19.7 Å². The second-order valence-corrected chi connectivity index (χ2v) is 6.64. The molecule has 1 N–H and O–H groups in total. The lowest BCUT2D eigenvalue weighted by molar-refractivity contribution is -0.144. The van der Waals surface area contributed by atoms with Crippen LogP contribution in [0.1, 0.15) is 31.4 Å². The number of hydrogen-bond donors (Lipinski definition) is 1. The zero-order valence-electron chi connectivity index (χ0n) is 13.8. The predicted molar refractivity (Wildman–Crippen MR) is 87.3 cm³/mol. The number of hydrogen-bond acceptors (Lipinski definition) is 3. The standard InChI is InChI=1S/C18H24N2O3/c1-12(2)17-18(22)19-7-8-20(17)16(21)11-13-5-6-15-14(10-13)4-3-9-23-15/h5-6,10,12,17H,3-4,7-9,11H2,1-2H3,(H,19,22). The Morgan fingerprint density at radius 2 is 2.26 bits per heavy atom. The van der Waals surface area contributed by atoms with Gasteiger partial charge in [-0.3, -0.25) is 9.59 Å². The lowest BCUT2D eigenvalue weighted by atomic mass is 9.97. The first-order valence-corrected chi connectivity index (χ1v) is 8.38. The number of rotatable bonds is 3. The summed E-state index contributed by atoms with van der Waals surface area (Å²) in [5.41, 5.74) is 2.17. The van der Waals surface area contributed by atoms with Crippen molar-refractivity contribution in [3.63, 3.8) is 0 Å². The predicted octanol–water partition coefficient (Wildman–Crippen LogP) is 1.54. The highest BCUT2D eigenvalue weighted by Gasteiger charge is 2.34. The largest absolute Gasteiger partial charge is 0.493 e. The van der Waals surface area contributed by atoms with E-state index >= 15 is 0 Å². The zero-order valence-corrected chi connectivity index (χ0v) is 13.8. The van der Waals surface area contributed by atoms with E-state index in [0.717, 1.165) is 30.8 Å². The van der Waals surface area contributed by atoms with Crippen LogP contribution in [0.4, 0.5) is 0 Å². The van der Waals surface area contributed by atoms with Crippen molar-refractivity contribution in [2.24, 2.45) is 5.92 Å². The summed E-state index contributed by atoms with van der Waals surface area (Å²) in [7, 11) is 0. The van der Waals surface area contributed by atoms with Crippen LogP contribution < -0.4 is 10.1 Å². The fourth-order valence-corrected chi connectivity index (χ4v) is 3.43. The SMILES string of the molecule is CC(C)C1C(=O)NCCN1C(=O)Cc1ccc2c(c1)CCCO2. The Morgan fingerprint density at radius 1 is 1.43 bits per heavy atom. The number of benzene rings is 1. The highest BCUT2D eigenvalue weighted by Crippen LogP contribution is 2.26. The molecule has 2 heterocycles. The van der Waals surface area contributed by atoms with E-state index in [2.05, 4.69) is 11.4 Å². The van der Waals surface area contributed by atoms with Crippen molar-refractivity contribution in [3.05, 3.63) is 29.3 Å². The minimum atomic E-state index is -0.364. The van der Waals surface area contributed by atoms with E-state index in [-0.39, 0.29) is 23.8 Å². The van der Waals surface area contributed by atoms with E-state index in [1.807, 2.05) is 26.0 Å². The minimum absolute atomic E-state index is 0.0234. The number of fused-ring (bicyclic) bond motifs is 1. The molecular weight excluding hydrogens is 292 g/mol. The number of nitrogens with zero attached hydrogens (tertiary/aromatic N) is 1. The van der Waals surface area contributed by atoms with Crippen molar-refractivity contribution >= 4 is 11.8 Å². The van der Waals surface area contributed by atoms with Gasteiger partial charge in [0.05, 0.1) is 13.0 Å². The zero-order chi connectivity index (χ0) is 16.4. The lowest BCUT2D eigenvalue weighted by Crippen LogP contribution is -2.59. The first kappa shape index (κ1) is 15.8. The average molecular weight is 316 g/mol. The van der Waals surface area contributed by atoms with Crippen LogP contribution in [0, 0.1) is 5.92 Å². The van der Waals surface area contributed by atoms with Gasteiger partial charge in [-0.2, -0.15) is 0 Å². The summed E-state index contributed by atoms with van der Waals surface area (Å²) >= 11 is 0. The molecule has 0 saturated carbocycles. The van der Waals surface area contributed by atoms with Gasteiger partial charge in [0.2, 0.25) is 11.8 Å². The molecule has 1 fully saturated rings. The molecule has 2 aliphatic rings. The van der Waals surface area contributed by atoms with E-state index in [1.165, 1.54) is 5.56 Å². The summed E-state index contributed by atoms with van der Waals surface area (Å²) in [5, 5.41) is 2.85. The van der Waals surface area contributed by atoms with E-state index < -0.39 is 0 Å². The van der Waals surface area contributed by atoms with Crippen molar-refractivity contribution in [2.45, 2.75) is 39.2 Å². The van der Waals surface area contributed by atoms with Gasteiger partial charge >= 0.3 is 0 Å². The molecule has 0 spiro atoms. The van der Waals surface area contributed by atoms with Crippen molar-refractivity contribution in [3.8, 4) is 5.75 Å². The van der Waals surface area contributed by atoms with Gasteiger partial charge in [0.15, 0.2) is 0 Å². The Kier molecular flexibility index (Phi) is 4.55. The van der Waals surface area contributed by atoms with Crippen LogP contribution in [0.5, 0.6) is 5.75 Å². The molecule has 1 unspecified atom stereocenters. The molecule has 0 radical (unpaired) electrons. The number of aryl methyl sites for hydroxylation is 1. The monoisotopic (exact) mass is 316 g/mol. The summed E-state index contributed by atoms with van der Waals surface area (Å²) in [5.74, 6) is 1.02. The van der Waals surface area contributed by atoms with Crippen LogP contribution in [0.15, 0.2) is 18.2 Å². The van der Waals surface area contributed by atoms with Crippen LogP contribution in [0.25, 0.3) is 0 Å². The fraction of sp³-hybridized carbons (Fsp3) is 0.556. The van der Waals surface area contributed by atoms with Gasteiger partial charge in [-0.1, -0.05) is 26.0 Å². The molecule has 1 aromatic rings. The topological polar surface area (TPSA) is 58.6 Å². The third-order valence-corrected chi connectivity index (χ3v) is 4.54. The Bertz CT molecular complexity index is 612. The maximum Gasteiger partial charge on any atom is 0.243 e. The van der Waals surface area contributed by atoms with E-state index in [1.54, 1.807) is 4.90 Å². The number of carbonyl (C=O) groups excluding carboxylic acids is 2. The van der Waals surface area contributed by atoms with Gasteiger partial charge in [0.1, 0.15) is 11.8 Å². The molecule has 23 heavy (non-hydrogen) atoms. The molecule has 1 saturated heterocycles. The number of piperazine rings is 1. The first-order valence-electron chi connectivity index (χ1n) is 8.38. The van der Waals surface area contributed by atoms with Crippen LogP contribution in [0.3, 0.4) is 0 Å². The normalized spacial score (nSPS) is 20.7. The molecule has 2 aliphatic heterocycles. The van der Waals surface area contributed by atoms with Gasteiger partial charge in [0, 0.05) is 13.1 Å². The maximum atomic E-state index is 12.7. The summed E-state index contributed by atoms with van der Waals surface area (Å²) in [6, 6.07) is 5.62. The Labute approximate surface area is 137 Å².